The number of halogens is 2. The molecule has 2 aromatic carbocycles. The van der Waals surface area contributed by atoms with Gasteiger partial charge in [0.2, 0.25) is 10.0 Å². The normalized spacial score (nSPS) is 14.0. The molecular weight excluding hydrogens is 376 g/mol. The fourth-order valence-corrected chi connectivity index (χ4v) is 3.65. The van der Waals surface area contributed by atoms with Crippen LogP contribution in [0.2, 0.25) is 0 Å². The smallest absolute Gasteiger partial charge is 0.211 e. The summed E-state index contributed by atoms with van der Waals surface area (Å²) in [5.41, 5.74) is -0.537. The van der Waals surface area contributed by atoms with E-state index < -0.39 is 27.3 Å². The molecule has 148 valence electrons. The van der Waals surface area contributed by atoms with Crippen molar-refractivity contribution in [1.29, 1.82) is 0 Å². The monoisotopic (exact) mass is 399 g/mol. The van der Waals surface area contributed by atoms with Crippen LogP contribution in [-0.2, 0) is 22.2 Å². The van der Waals surface area contributed by atoms with Crippen LogP contribution in [0.4, 0.5) is 8.78 Å². The van der Waals surface area contributed by atoms with Gasteiger partial charge in [-0.1, -0.05) is 19.1 Å². The summed E-state index contributed by atoms with van der Waals surface area (Å²) in [6.07, 6.45) is 0.485. The van der Waals surface area contributed by atoms with E-state index in [-0.39, 0.29) is 18.9 Å². The van der Waals surface area contributed by atoms with Gasteiger partial charge >= 0.3 is 0 Å². The van der Waals surface area contributed by atoms with Crippen molar-refractivity contribution in [2.24, 2.45) is 0 Å². The first-order valence-corrected chi connectivity index (χ1v) is 10.1. The molecule has 0 aliphatic rings. The van der Waals surface area contributed by atoms with E-state index in [9.17, 15) is 22.3 Å². The molecule has 0 heterocycles. The Kier molecular flexibility index (Phi) is 6.91. The number of nitrogens with one attached hydrogen (secondary N) is 1. The highest BCUT2D eigenvalue weighted by molar-refractivity contribution is 7.89. The third-order valence-corrected chi connectivity index (χ3v) is 5.44. The van der Waals surface area contributed by atoms with E-state index in [2.05, 4.69) is 4.72 Å². The maximum Gasteiger partial charge on any atom is 0.211 e. The second-order valence-corrected chi connectivity index (χ2v) is 8.43. The zero-order chi connectivity index (χ0) is 20.1. The molecule has 1 atom stereocenters. The van der Waals surface area contributed by atoms with Gasteiger partial charge in [-0.25, -0.2) is 21.9 Å². The lowest BCUT2D eigenvalue weighted by Crippen LogP contribution is -2.39. The van der Waals surface area contributed by atoms with Crippen LogP contribution in [0, 0.1) is 11.6 Å². The molecule has 0 aromatic heterocycles. The zero-order valence-corrected chi connectivity index (χ0v) is 16.0. The average molecular weight is 399 g/mol. The van der Waals surface area contributed by atoms with Crippen molar-refractivity contribution in [2.45, 2.75) is 32.5 Å². The Morgan fingerprint density at radius 1 is 1.11 bits per heavy atom. The number of hydrogen-bond donors (Lipinski definition) is 2. The summed E-state index contributed by atoms with van der Waals surface area (Å²) in [5.74, 6) is -0.905. The van der Waals surface area contributed by atoms with Gasteiger partial charge in [-0.3, -0.25) is 0 Å². The van der Waals surface area contributed by atoms with Crippen molar-refractivity contribution in [2.75, 3.05) is 12.3 Å². The fraction of sp³-hybridized carbons (Fsp3) is 0.368. The van der Waals surface area contributed by atoms with E-state index >= 15 is 0 Å². The minimum atomic E-state index is -3.42. The third-order valence-electron chi connectivity index (χ3n) is 3.91. The Balaban J connectivity index is 1.99. The third kappa shape index (κ3) is 6.57. The second-order valence-electron chi connectivity index (χ2n) is 6.50. The molecule has 0 amide bonds. The fourth-order valence-electron chi connectivity index (χ4n) is 2.46. The van der Waals surface area contributed by atoms with Gasteiger partial charge in [-0.05, 0) is 48.7 Å². The Hall–Kier alpha value is -2.03. The van der Waals surface area contributed by atoms with Gasteiger partial charge in [0.1, 0.15) is 29.6 Å². The average Bonchev–Trinajstić information content (AvgIpc) is 2.58. The van der Waals surface area contributed by atoms with Crippen LogP contribution in [0.25, 0.3) is 0 Å². The van der Waals surface area contributed by atoms with Crippen molar-refractivity contribution in [3.05, 3.63) is 65.2 Å². The number of ether oxygens (including phenoxy) is 1. The number of benzene rings is 2. The van der Waals surface area contributed by atoms with E-state index in [1.54, 1.807) is 31.2 Å². The first kappa shape index (κ1) is 21.3. The predicted octanol–water partition coefficient (Wildman–Crippen LogP) is 3.08. The molecule has 1 unspecified atom stereocenters. The van der Waals surface area contributed by atoms with E-state index in [1.807, 2.05) is 0 Å². The van der Waals surface area contributed by atoms with Crippen LogP contribution in [0.1, 0.15) is 31.4 Å². The molecule has 0 aliphatic carbocycles. The van der Waals surface area contributed by atoms with Crippen molar-refractivity contribution < 1.29 is 27.0 Å². The van der Waals surface area contributed by atoms with E-state index in [0.29, 0.717) is 23.3 Å². The summed E-state index contributed by atoms with van der Waals surface area (Å²) in [5, 5.41) is 10.5. The molecule has 0 bridgehead atoms. The summed E-state index contributed by atoms with van der Waals surface area (Å²) >= 11 is 0. The van der Waals surface area contributed by atoms with Gasteiger partial charge in [-0.2, -0.15) is 0 Å². The molecule has 0 fully saturated rings. The Bertz CT molecular complexity index is 848. The topological polar surface area (TPSA) is 75.6 Å². The molecule has 0 spiro atoms. The standard InChI is InChI=1S/C19H23F2NO4S/c1-3-8-27(24,25)22-13-19(2,23)15-4-6-18(7-5-15)26-12-14-9-16(20)11-17(21)10-14/h4-7,9-11,22-23H,3,8,12-13H2,1-2H3. The molecule has 8 heteroatoms. The van der Waals surface area contributed by atoms with Crippen LogP contribution in [0.3, 0.4) is 0 Å². The highest BCUT2D eigenvalue weighted by atomic mass is 32.2. The summed E-state index contributed by atoms with van der Waals surface area (Å²) in [7, 11) is -3.42. The SMILES string of the molecule is CCCS(=O)(=O)NCC(C)(O)c1ccc(OCc2cc(F)cc(F)c2)cc1. The predicted molar refractivity (Wildman–Crippen MR) is 98.8 cm³/mol. The van der Waals surface area contributed by atoms with E-state index in [4.69, 9.17) is 4.74 Å². The number of hydrogen-bond acceptors (Lipinski definition) is 4. The molecule has 0 saturated heterocycles. The summed E-state index contributed by atoms with van der Waals surface area (Å²) < 4.78 is 57.7. The van der Waals surface area contributed by atoms with E-state index in [0.717, 1.165) is 6.07 Å². The minimum Gasteiger partial charge on any atom is -0.489 e. The lowest BCUT2D eigenvalue weighted by molar-refractivity contribution is 0.0627. The maximum atomic E-state index is 13.2. The van der Waals surface area contributed by atoms with Gasteiger partial charge in [0.05, 0.1) is 5.75 Å². The number of sulfonamides is 1. The molecule has 2 aromatic rings. The summed E-state index contributed by atoms with van der Waals surface area (Å²) in [6.45, 7) is 3.10. The number of aliphatic hydroxyl groups is 1. The highest BCUT2D eigenvalue weighted by Crippen LogP contribution is 2.23. The zero-order valence-electron chi connectivity index (χ0n) is 15.2. The summed E-state index contributed by atoms with van der Waals surface area (Å²) in [4.78, 5) is 0. The van der Waals surface area contributed by atoms with Gasteiger partial charge in [0.25, 0.3) is 0 Å². The van der Waals surface area contributed by atoms with Crippen LogP contribution in [0.5, 0.6) is 5.75 Å². The largest absolute Gasteiger partial charge is 0.489 e. The maximum absolute atomic E-state index is 13.2. The van der Waals surface area contributed by atoms with Crippen LogP contribution >= 0.6 is 0 Å². The number of rotatable bonds is 9. The molecule has 27 heavy (non-hydrogen) atoms. The highest BCUT2D eigenvalue weighted by Gasteiger charge is 2.25. The molecule has 2 N–H and O–H groups in total. The van der Waals surface area contributed by atoms with Crippen molar-refractivity contribution in [3.8, 4) is 5.75 Å². The minimum absolute atomic E-state index is 0.00344. The van der Waals surface area contributed by atoms with E-state index in [1.165, 1.54) is 19.1 Å². The molecular formula is C19H23F2NO4S. The lowest BCUT2D eigenvalue weighted by atomic mass is 9.96. The second kappa shape index (κ2) is 8.77. The molecule has 0 saturated carbocycles. The Morgan fingerprint density at radius 2 is 1.70 bits per heavy atom. The summed E-state index contributed by atoms with van der Waals surface area (Å²) in [6, 6.07) is 9.57. The van der Waals surface area contributed by atoms with Gasteiger partial charge in [-0.15, -0.1) is 0 Å². The van der Waals surface area contributed by atoms with Gasteiger partial charge in [0.15, 0.2) is 0 Å². The first-order chi connectivity index (χ1) is 12.6. The van der Waals surface area contributed by atoms with Crippen LogP contribution in [-0.4, -0.2) is 25.8 Å². The molecule has 2 rings (SSSR count). The van der Waals surface area contributed by atoms with Crippen molar-refractivity contribution in [1.82, 2.24) is 4.72 Å². The van der Waals surface area contributed by atoms with Gasteiger partial charge < -0.3 is 9.84 Å². The molecule has 0 radical (unpaired) electrons. The van der Waals surface area contributed by atoms with Crippen LogP contribution < -0.4 is 9.46 Å². The Labute approximate surface area is 158 Å². The quantitative estimate of drug-likeness (QED) is 0.680. The van der Waals surface area contributed by atoms with Crippen molar-refractivity contribution in [3.63, 3.8) is 0 Å². The molecule has 0 aliphatic heterocycles. The first-order valence-electron chi connectivity index (χ1n) is 8.49. The van der Waals surface area contributed by atoms with Gasteiger partial charge in [0, 0.05) is 12.6 Å². The van der Waals surface area contributed by atoms with Crippen LogP contribution in [0.15, 0.2) is 42.5 Å². The van der Waals surface area contributed by atoms with Crippen molar-refractivity contribution >= 4 is 10.0 Å². The Morgan fingerprint density at radius 3 is 2.26 bits per heavy atom. The lowest BCUT2D eigenvalue weighted by Gasteiger charge is -2.24. The molecule has 5 nitrogen and oxygen atoms in total.